The number of rotatable bonds is 4. The molecule has 104 heavy (non-hydrogen) atoms. The largest absolute Gasteiger partial charge is 0.213 e. The van der Waals surface area contributed by atoms with Gasteiger partial charge in [-0.15, -0.1) is 0 Å². The van der Waals surface area contributed by atoms with Gasteiger partial charge in [-0.25, -0.2) is 18.3 Å². The average molecular weight is 1380 g/mol. The number of aromatic nitrogens is 4. The van der Waals surface area contributed by atoms with Crippen molar-refractivity contribution in [2.75, 3.05) is 0 Å². The summed E-state index contributed by atoms with van der Waals surface area (Å²) >= 11 is 0. The molecule has 0 atom stereocenters. The number of hydrogen-bond donors (Lipinski definition) is 0. The molecule has 4 heteroatoms. The minimum absolute atomic E-state index is 1.25. The molecule has 0 amide bonds. The molecular weight excluding hydrogens is 1260 g/mol. The topological polar surface area (TPSA) is 15.5 Å². The van der Waals surface area contributed by atoms with Crippen LogP contribution < -0.4 is 18.3 Å². The molecule has 0 aliphatic heterocycles. The first-order chi connectivity index (χ1) is 50.9. The van der Waals surface area contributed by atoms with Crippen molar-refractivity contribution >= 4 is 86.2 Å². The van der Waals surface area contributed by atoms with E-state index in [1.165, 1.54) is 153 Å². The van der Waals surface area contributed by atoms with Gasteiger partial charge in [0.2, 0.25) is 22.8 Å². The van der Waals surface area contributed by atoms with E-state index in [0.29, 0.717) is 0 Å². The van der Waals surface area contributed by atoms with Gasteiger partial charge in [0.05, 0.1) is 11.1 Å². The number of benzene rings is 12. The van der Waals surface area contributed by atoms with Crippen molar-refractivity contribution < 1.29 is 18.3 Å². The summed E-state index contributed by atoms with van der Waals surface area (Å²) in [5.41, 5.74) is 15.5. The van der Waals surface area contributed by atoms with Crippen molar-refractivity contribution in [3.8, 4) is 45.0 Å². The predicted molar refractivity (Wildman–Crippen MR) is 462 cm³/mol. The van der Waals surface area contributed by atoms with Crippen LogP contribution in [0.2, 0.25) is 0 Å². The van der Waals surface area contributed by atoms with Gasteiger partial charge in [-0.2, -0.15) is 0 Å². The Bertz CT molecular complexity index is 5240. The van der Waals surface area contributed by atoms with Gasteiger partial charge < -0.3 is 0 Å². The van der Waals surface area contributed by atoms with Gasteiger partial charge in [0, 0.05) is 65.0 Å². The van der Waals surface area contributed by atoms with E-state index in [1.54, 1.807) is 0 Å². The zero-order valence-corrected chi connectivity index (χ0v) is 67.5. The Morgan fingerprint density at radius 2 is 0.481 bits per heavy atom. The highest BCUT2D eigenvalue weighted by molar-refractivity contribution is 6.15. The molecule has 0 aliphatic carbocycles. The second-order valence-electron chi connectivity index (χ2n) is 23.5. The second kappa shape index (κ2) is 43.3. The normalized spacial score (nSPS) is 9.92. The van der Waals surface area contributed by atoms with Crippen LogP contribution in [0.25, 0.3) is 131 Å². The third-order valence-electron chi connectivity index (χ3n) is 17.6. The first kappa shape index (κ1) is 84.0. The molecule has 0 unspecified atom stereocenters. The Balaban J connectivity index is 0.000000234. The Hall–Kier alpha value is -10.7. The molecule has 12 aromatic carbocycles. The van der Waals surface area contributed by atoms with Crippen molar-refractivity contribution in [2.24, 2.45) is 28.2 Å². The molecular formula is C100H120N4+4. The first-order valence-electron chi connectivity index (χ1n) is 38.4. The quantitative estimate of drug-likeness (QED) is 0.0948. The van der Waals surface area contributed by atoms with Crippen LogP contribution in [0, 0.1) is 27.7 Å². The summed E-state index contributed by atoms with van der Waals surface area (Å²) in [5, 5.41) is 20.9. The standard InChI is InChI=1S/4C21H18N.8C2H6/c1-15-10-11-17-13-12-16-7-3-4-8-18(16)21(17)20(15)19-9-5-6-14-22(19)2;1-15-13-20-17(11-10-16-7-3-4-8-18(16)20)14-19(15)21-9-5-6-12-22(21)2;1-15-10-11-18-13-16-7-3-4-8-17(16)14-19(18)21(15)20-9-5-6-12-22(20)2;1-15-11-18-12-16-7-3-4-8-17(16)13-19(18)14-20(15)21-9-5-6-10-22(21)2;8*1-2/h4*3-14H,1-2H3;8*1-2H3/q4*+1;;;;;;;;. The van der Waals surface area contributed by atoms with Gasteiger partial charge in [-0.05, 0) is 197 Å². The lowest BCUT2D eigenvalue weighted by molar-refractivity contribution is -0.660. The molecule has 0 aliphatic rings. The van der Waals surface area contributed by atoms with Gasteiger partial charge >= 0.3 is 0 Å². The molecule has 0 fully saturated rings. The summed E-state index contributed by atoms with van der Waals surface area (Å²) in [5.74, 6) is 0. The second-order valence-corrected chi connectivity index (χ2v) is 23.5. The molecule has 4 aromatic heterocycles. The molecule has 4 heterocycles. The Morgan fingerprint density at radius 3 is 0.942 bits per heavy atom. The van der Waals surface area contributed by atoms with E-state index in [2.05, 4.69) is 366 Å². The predicted octanol–water partition coefficient (Wildman–Crippen LogP) is 27.4. The fourth-order valence-corrected chi connectivity index (χ4v) is 13.0. The van der Waals surface area contributed by atoms with Crippen LogP contribution in [0.5, 0.6) is 0 Å². The lowest BCUT2D eigenvalue weighted by Gasteiger charge is -2.11. The van der Waals surface area contributed by atoms with Crippen LogP contribution in [0.1, 0.15) is 133 Å². The van der Waals surface area contributed by atoms with Crippen molar-refractivity contribution in [1.29, 1.82) is 0 Å². The lowest BCUT2D eigenvalue weighted by atomic mass is 9.92. The van der Waals surface area contributed by atoms with E-state index >= 15 is 0 Å². The monoisotopic (exact) mass is 1380 g/mol. The number of hydrogen-bond acceptors (Lipinski definition) is 0. The van der Waals surface area contributed by atoms with E-state index in [-0.39, 0.29) is 0 Å². The summed E-state index contributed by atoms with van der Waals surface area (Å²) in [6.45, 7) is 40.8. The average Bonchev–Trinajstić information content (AvgIpc) is 0.778. The highest BCUT2D eigenvalue weighted by Gasteiger charge is 2.20. The van der Waals surface area contributed by atoms with Crippen molar-refractivity contribution in [2.45, 2.75) is 138 Å². The summed E-state index contributed by atoms with van der Waals surface area (Å²) in [7, 11) is 8.41. The van der Waals surface area contributed by atoms with E-state index in [9.17, 15) is 0 Å². The molecule has 16 rings (SSSR count). The maximum Gasteiger partial charge on any atom is 0.213 e. The minimum atomic E-state index is 1.25. The molecule has 536 valence electrons. The molecule has 0 saturated carbocycles. The maximum atomic E-state index is 2.32. The molecule has 0 N–H and O–H groups in total. The first-order valence-corrected chi connectivity index (χ1v) is 38.4. The van der Waals surface area contributed by atoms with Gasteiger partial charge in [0.15, 0.2) is 24.8 Å². The van der Waals surface area contributed by atoms with Gasteiger partial charge in [0.25, 0.3) is 0 Å². The van der Waals surface area contributed by atoms with Crippen molar-refractivity contribution in [3.63, 3.8) is 0 Å². The highest BCUT2D eigenvalue weighted by Crippen LogP contribution is 2.37. The van der Waals surface area contributed by atoms with Crippen LogP contribution in [0.15, 0.2) is 292 Å². The van der Waals surface area contributed by atoms with Crippen molar-refractivity contribution in [3.05, 3.63) is 314 Å². The maximum absolute atomic E-state index is 2.32. The molecule has 0 spiro atoms. The number of aryl methyl sites for hydroxylation is 8. The Kier molecular flexibility index (Phi) is 35.0. The Morgan fingerprint density at radius 1 is 0.183 bits per heavy atom. The summed E-state index contributed by atoms with van der Waals surface area (Å²) in [4.78, 5) is 0. The van der Waals surface area contributed by atoms with E-state index in [0.717, 1.165) is 0 Å². The Labute approximate surface area is 626 Å². The van der Waals surface area contributed by atoms with E-state index in [4.69, 9.17) is 0 Å². The number of nitrogens with zero attached hydrogens (tertiary/aromatic N) is 4. The minimum Gasteiger partial charge on any atom is -0.201 e. The number of fused-ring (bicyclic) bond motifs is 10. The number of pyridine rings is 4. The highest BCUT2D eigenvalue weighted by atomic mass is 14.9. The van der Waals surface area contributed by atoms with Gasteiger partial charge in [-0.1, -0.05) is 262 Å². The van der Waals surface area contributed by atoms with Crippen LogP contribution in [0.4, 0.5) is 0 Å². The molecule has 16 aromatic rings. The van der Waals surface area contributed by atoms with E-state index < -0.39 is 0 Å². The fourth-order valence-electron chi connectivity index (χ4n) is 13.0. The van der Waals surface area contributed by atoms with Crippen LogP contribution in [-0.4, -0.2) is 0 Å². The van der Waals surface area contributed by atoms with Crippen molar-refractivity contribution in [1.82, 2.24) is 0 Å². The van der Waals surface area contributed by atoms with Crippen LogP contribution in [0.3, 0.4) is 0 Å². The SMILES string of the molecule is CC.CC.CC.CC.CC.CC.CC.CC.Cc1cc2c(ccc3ccccc32)cc1-c1cccc[n+]1C.Cc1cc2cc3ccccc3cc2cc1-c1cccc[n+]1C.Cc1ccc2cc3ccccc3cc2c1-c1cccc[n+]1C.Cc1ccc2ccc3ccccc3c2c1-c1cccc[n+]1C. The van der Waals surface area contributed by atoms with Crippen LogP contribution in [-0.2, 0) is 28.2 Å². The molecule has 0 bridgehead atoms. The summed E-state index contributed by atoms with van der Waals surface area (Å²) < 4.78 is 8.74. The zero-order valence-electron chi connectivity index (χ0n) is 67.5. The zero-order chi connectivity index (χ0) is 76.4. The van der Waals surface area contributed by atoms with Gasteiger partial charge in [0.1, 0.15) is 28.2 Å². The van der Waals surface area contributed by atoms with Gasteiger partial charge in [-0.3, -0.25) is 0 Å². The van der Waals surface area contributed by atoms with E-state index in [1.807, 2.05) is 111 Å². The lowest BCUT2D eigenvalue weighted by Crippen LogP contribution is -2.30. The summed E-state index contributed by atoms with van der Waals surface area (Å²) in [6, 6.07) is 95.9. The third-order valence-corrected chi connectivity index (χ3v) is 17.6. The fraction of sp³-hybridized carbons (Fsp3) is 0.240. The molecule has 4 nitrogen and oxygen atoms in total. The third kappa shape index (κ3) is 19.9. The van der Waals surface area contributed by atoms with Crippen LogP contribution >= 0.6 is 0 Å². The molecule has 0 radical (unpaired) electrons. The molecule has 0 saturated heterocycles. The smallest absolute Gasteiger partial charge is 0.201 e. The summed E-state index contributed by atoms with van der Waals surface area (Å²) in [6.07, 6.45) is 8.41.